The summed E-state index contributed by atoms with van der Waals surface area (Å²) in [6.07, 6.45) is 7.07. The minimum Gasteiger partial charge on any atom is -0.301 e. The lowest BCUT2D eigenvalue weighted by Gasteiger charge is -2.36. The highest BCUT2D eigenvalue weighted by Gasteiger charge is 2.21. The molecule has 0 aromatic rings. The monoisotopic (exact) mass is 211 g/mol. The van der Waals surface area contributed by atoms with Gasteiger partial charge in [-0.1, -0.05) is 33.6 Å². The SMILES string of the molecule is CCC(C)N1CCC(CCC(C)C)CC1. The maximum absolute atomic E-state index is 2.67. The van der Waals surface area contributed by atoms with E-state index in [0.717, 1.165) is 17.9 Å². The Kier molecular flexibility index (Phi) is 5.66. The van der Waals surface area contributed by atoms with Crippen molar-refractivity contribution < 1.29 is 0 Å². The van der Waals surface area contributed by atoms with Crippen LogP contribution >= 0.6 is 0 Å². The van der Waals surface area contributed by atoms with E-state index in [9.17, 15) is 0 Å². The summed E-state index contributed by atoms with van der Waals surface area (Å²) < 4.78 is 0. The van der Waals surface area contributed by atoms with Gasteiger partial charge in [-0.15, -0.1) is 0 Å². The van der Waals surface area contributed by atoms with Crippen LogP contribution in [0.15, 0.2) is 0 Å². The van der Waals surface area contributed by atoms with Crippen molar-refractivity contribution in [3.63, 3.8) is 0 Å². The first-order valence-corrected chi connectivity index (χ1v) is 6.87. The van der Waals surface area contributed by atoms with Gasteiger partial charge < -0.3 is 4.90 Å². The summed E-state index contributed by atoms with van der Waals surface area (Å²) in [5, 5.41) is 0. The summed E-state index contributed by atoms with van der Waals surface area (Å²) in [6, 6.07) is 0.802. The van der Waals surface area contributed by atoms with Crippen LogP contribution in [0.25, 0.3) is 0 Å². The van der Waals surface area contributed by atoms with E-state index in [4.69, 9.17) is 0 Å². The molecule has 0 saturated carbocycles. The molecule has 0 aromatic heterocycles. The molecule has 90 valence electrons. The summed E-state index contributed by atoms with van der Waals surface area (Å²) in [5.41, 5.74) is 0. The topological polar surface area (TPSA) is 3.24 Å². The molecule has 1 nitrogen and oxygen atoms in total. The minimum absolute atomic E-state index is 0.802. The van der Waals surface area contributed by atoms with Gasteiger partial charge in [0.25, 0.3) is 0 Å². The molecule has 1 aliphatic rings. The molecule has 1 fully saturated rings. The molecule has 0 radical (unpaired) electrons. The Morgan fingerprint density at radius 3 is 2.20 bits per heavy atom. The van der Waals surface area contributed by atoms with Gasteiger partial charge in [-0.05, 0) is 51.1 Å². The predicted octanol–water partition coefficient (Wildman–Crippen LogP) is 3.93. The smallest absolute Gasteiger partial charge is 0.00643 e. The number of hydrogen-bond donors (Lipinski definition) is 0. The van der Waals surface area contributed by atoms with Gasteiger partial charge in [0.05, 0.1) is 0 Å². The fourth-order valence-corrected chi connectivity index (χ4v) is 2.51. The lowest BCUT2D eigenvalue weighted by molar-refractivity contribution is 0.132. The zero-order valence-electron chi connectivity index (χ0n) is 11.1. The molecule has 1 unspecified atom stereocenters. The minimum atomic E-state index is 0.802. The molecule has 15 heavy (non-hydrogen) atoms. The molecule has 1 aliphatic heterocycles. The van der Waals surface area contributed by atoms with E-state index in [-0.39, 0.29) is 0 Å². The van der Waals surface area contributed by atoms with Gasteiger partial charge in [0.1, 0.15) is 0 Å². The number of hydrogen-bond acceptors (Lipinski definition) is 1. The highest BCUT2D eigenvalue weighted by molar-refractivity contribution is 4.75. The third-order valence-electron chi connectivity index (χ3n) is 4.02. The number of nitrogens with zero attached hydrogens (tertiary/aromatic N) is 1. The Bertz CT molecular complexity index is 157. The lowest BCUT2D eigenvalue weighted by atomic mass is 9.89. The Morgan fingerprint density at radius 1 is 1.13 bits per heavy atom. The van der Waals surface area contributed by atoms with E-state index in [0.29, 0.717) is 0 Å². The van der Waals surface area contributed by atoms with Crippen molar-refractivity contribution in [1.29, 1.82) is 0 Å². The van der Waals surface area contributed by atoms with Crippen molar-refractivity contribution in [3.05, 3.63) is 0 Å². The maximum Gasteiger partial charge on any atom is 0.00643 e. The van der Waals surface area contributed by atoms with E-state index in [1.54, 1.807) is 0 Å². The highest BCUT2D eigenvalue weighted by atomic mass is 15.2. The first-order chi connectivity index (χ1) is 7.13. The Morgan fingerprint density at radius 2 is 1.73 bits per heavy atom. The average Bonchev–Trinajstić information content (AvgIpc) is 2.26. The molecule has 1 heteroatoms. The largest absolute Gasteiger partial charge is 0.301 e. The van der Waals surface area contributed by atoms with Crippen LogP contribution in [0.4, 0.5) is 0 Å². The Hall–Kier alpha value is -0.0400. The van der Waals surface area contributed by atoms with E-state index in [1.807, 2.05) is 0 Å². The van der Waals surface area contributed by atoms with E-state index < -0.39 is 0 Å². The summed E-state index contributed by atoms with van der Waals surface area (Å²) in [5.74, 6) is 1.91. The zero-order valence-corrected chi connectivity index (χ0v) is 11.1. The van der Waals surface area contributed by atoms with Gasteiger partial charge in [0.15, 0.2) is 0 Å². The normalized spacial score (nSPS) is 22.2. The predicted molar refractivity (Wildman–Crippen MR) is 68.1 cm³/mol. The van der Waals surface area contributed by atoms with Crippen LogP contribution in [0.5, 0.6) is 0 Å². The molecule has 0 aromatic carbocycles. The summed E-state index contributed by atoms with van der Waals surface area (Å²) >= 11 is 0. The Balaban J connectivity index is 2.18. The molecule has 0 amide bonds. The fourth-order valence-electron chi connectivity index (χ4n) is 2.51. The van der Waals surface area contributed by atoms with Crippen LogP contribution in [0, 0.1) is 11.8 Å². The molecular weight excluding hydrogens is 182 g/mol. The number of likely N-dealkylation sites (tertiary alicyclic amines) is 1. The molecule has 1 heterocycles. The van der Waals surface area contributed by atoms with Crippen LogP contribution in [-0.2, 0) is 0 Å². The van der Waals surface area contributed by atoms with Gasteiger partial charge >= 0.3 is 0 Å². The zero-order chi connectivity index (χ0) is 11.3. The number of rotatable bonds is 5. The van der Waals surface area contributed by atoms with Crippen LogP contribution in [-0.4, -0.2) is 24.0 Å². The maximum atomic E-state index is 2.67. The quantitative estimate of drug-likeness (QED) is 0.666. The van der Waals surface area contributed by atoms with Crippen LogP contribution in [0.2, 0.25) is 0 Å². The molecule has 0 N–H and O–H groups in total. The van der Waals surface area contributed by atoms with E-state index >= 15 is 0 Å². The van der Waals surface area contributed by atoms with E-state index in [2.05, 4.69) is 32.6 Å². The molecule has 1 atom stereocenters. The van der Waals surface area contributed by atoms with Crippen molar-refractivity contribution in [2.75, 3.05) is 13.1 Å². The van der Waals surface area contributed by atoms with Crippen molar-refractivity contribution in [3.8, 4) is 0 Å². The van der Waals surface area contributed by atoms with Gasteiger partial charge in [-0.2, -0.15) is 0 Å². The third-order valence-corrected chi connectivity index (χ3v) is 4.02. The van der Waals surface area contributed by atoms with Crippen LogP contribution in [0.3, 0.4) is 0 Å². The van der Waals surface area contributed by atoms with Crippen molar-refractivity contribution >= 4 is 0 Å². The van der Waals surface area contributed by atoms with Gasteiger partial charge in [-0.25, -0.2) is 0 Å². The van der Waals surface area contributed by atoms with Gasteiger partial charge in [0.2, 0.25) is 0 Å². The first-order valence-electron chi connectivity index (χ1n) is 6.87. The second-order valence-electron chi connectivity index (χ2n) is 5.71. The third kappa shape index (κ3) is 4.55. The average molecular weight is 211 g/mol. The highest BCUT2D eigenvalue weighted by Crippen LogP contribution is 2.25. The Labute approximate surface area is 96.2 Å². The molecule has 1 rings (SSSR count). The van der Waals surface area contributed by atoms with Crippen molar-refractivity contribution in [1.82, 2.24) is 4.90 Å². The van der Waals surface area contributed by atoms with Crippen molar-refractivity contribution in [2.24, 2.45) is 11.8 Å². The summed E-state index contributed by atoms with van der Waals surface area (Å²) in [4.78, 5) is 2.67. The molecule has 1 saturated heterocycles. The van der Waals surface area contributed by atoms with E-state index in [1.165, 1.54) is 45.2 Å². The standard InChI is InChI=1S/C14H29N/c1-5-13(4)15-10-8-14(9-11-15)7-6-12(2)3/h12-14H,5-11H2,1-4H3. The lowest BCUT2D eigenvalue weighted by Crippen LogP contribution is -2.39. The van der Waals surface area contributed by atoms with Crippen molar-refractivity contribution in [2.45, 2.75) is 65.8 Å². The molecular formula is C14H29N. The number of piperidine rings is 1. The molecule has 0 spiro atoms. The first kappa shape index (κ1) is 13.0. The second-order valence-corrected chi connectivity index (χ2v) is 5.71. The molecule has 0 aliphatic carbocycles. The second kappa shape index (κ2) is 6.52. The van der Waals surface area contributed by atoms with Gasteiger partial charge in [-0.3, -0.25) is 0 Å². The fraction of sp³-hybridized carbons (Fsp3) is 1.00. The van der Waals surface area contributed by atoms with Crippen LogP contribution in [0.1, 0.15) is 59.8 Å². The van der Waals surface area contributed by atoms with Gasteiger partial charge in [0, 0.05) is 6.04 Å². The molecule has 0 bridgehead atoms. The summed E-state index contributed by atoms with van der Waals surface area (Å²) in [7, 11) is 0. The van der Waals surface area contributed by atoms with Crippen LogP contribution < -0.4 is 0 Å². The summed E-state index contributed by atoms with van der Waals surface area (Å²) in [6.45, 7) is 12.0.